The summed E-state index contributed by atoms with van der Waals surface area (Å²) in [6.07, 6.45) is 3.89. The molecule has 1 saturated heterocycles. The van der Waals surface area contributed by atoms with Crippen molar-refractivity contribution >= 4 is 28.7 Å². The molecule has 1 unspecified atom stereocenters. The quantitative estimate of drug-likeness (QED) is 0.727. The Morgan fingerprint density at radius 3 is 2.84 bits per heavy atom. The molecular weight excluding hydrogens is 266 g/mol. The minimum absolute atomic E-state index is 0.0478. The zero-order valence-corrected chi connectivity index (χ0v) is 11.0. The van der Waals surface area contributed by atoms with Crippen LogP contribution in [0.2, 0.25) is 0 Å². The number of hydrogen-bond donors (Lipinski definition) is 3. The Hall–Kier alpha value is -1.38. The number of aliphatic hydroxyl groups is 2. The Balaban J connectivity index is 1.95. The van der Waals surface area contributed by atoms with Crippen molar-refractivity contribution in [1.29, 1.82) is 0 Å². The van der Waals surface area contributed by atoms with Gasteiger partial charge in [0.2, 0.25) is 0 Å². The van der Waals surface area contributed by atoms with Gasteiger partial charge in [-0.1, -0.05) is 0 Å². The first-order chi connectivity index (χ1) is 9.24. The summed E-state index contributed by atoms with van der Waals surface area (Å²) in [5.74, 6) is 0.459. The molecule has 0 saturated carbocycles. The van der Waals surface area contributed by atoms with Gasteiger partial charge in [0, 0.05) is 11.9 Å². The van der Waals surface area contributed by atoms with Crippen LogP contribution in [0.5, 0.6) is 0 Å². The first kappa shape index (κ1) is 12.6. The van der Waals surface area contributed by atoms with Crippen LogP contribution in [0, 0.1) is 5.92 Å². The van der Waals surface area contributed by atoms with Crippen LogP contribution in [0.1, 0.15) is 11.8 Å². The molecule has 3 rings (SSSR count). The Kier molecular flexibility index (Phi) is 3.29. The maximum atomic E-state index is 9.35. The topological polar surface area (TPSA) is 110 Å². The summed E-state index contributed by atoms with van der Waals surface area (Å²) in [5.41, 5.74) is 7.05. The molecule has 0 radical (unpaired) electrons. The van der Waals surface area contributed by atoms with Gasteiger partial charge in [-0.05, 0) is 12.3 Å². The zero-order chi connectivity index (χ0) is 13.4. The van der Waals surface area contributed by atoms with Crippen LogP contribution in [0.25, 0.3) is 11.2 Å². The molecule has 3 atom stereocenters. The minimum atomic E-state index is 0.0478. The van der Waals surface area contributed by atoms with E-state index in [0.717, 1.165) is 6.42 Å². The Labute approximate surface area is 113 Å². The highest BCUT2D eigenvalue weighted by molar-refractivity contribution is 8.00. The van der Waals surface area contributed by atoms with Crippen molar-refractivity contribution in [2.24, 2.45) is 5.92 Å². The number of nitrogens with two attached hydrogens (primary N) is 1. The second-order valence-corrected chi connectivity index (χ2v) is 5.99. The van der Waals surface area contributed by atoms with E-state index in [4.69, 9.17) is 5.73 Å². The van der Waals surface area contributed by atoms with E-state index in [0.29, 0.717) is 17.0 Å². The van der Waals surface area contributed by atoms with E-state index in [-0.39, 0.29) is 29.8 Å². The second kappa shape index (κ2) is 4.95. The van der Waals surface area contributed by atoms with E-state index in [1.165, 1.54) is 6.33 Å². The molecule has 0 aromatic carbocycles. The van der Waals surface area contributed by atoms with Crippen molar-refractivity contribution in [3.05, 3.63) is 12.7 Å². The number of nitrogens with zero attached hydrogens (tertiary/aromatic N) is 4. The van der Waals surface area contributed by atoms with Gasteiger partial charge in [0.1, 0.15) is 11.8 Å². The molecule has 19 heavy (non-hydrogen) atoms. The van der Waals surface area contributed by atoms with Gasteiger partial charge in [-0.3, -0.25) is 0 Å². The van der Waals surface area contributed by atoms with Crippen LogP contribution in [0.15, 0.2) is 12.7 Å². The predicted molar refractivity (Wildman–Crippen MR) is 72.4 cm³/mol. The molecule has 1 aliphatic heterocycles. The number of aromatic nitrogens is 4. The number of rotatable bonds is 3. The Morgan fingerprint density at radius 1 is 1.32 bits per heavy atom. The first-order valence-corrected chi connectivity index (χ1v) is 6.99. The van der Waals surface area contributed by atoms with Gasteiger partial charge in [0.05, 0.1) is 18.3 Å². The molecule has 7 nitrogen and oxygen atoms in total. The highest BCUT2D eigenvalue weighted by atomic mass is 32.2. The molecule has 0 bridgehead atoms. The molecule has 1 aliphatic rings. The fraction of sp³-hybridized carbons (Fsp3) is 0.545. The van der Waals surface area contributed by atoms with Crippen molar-refractivity contribution in [2.75, 3.05) is 18.9 Å². The van der Waals surface area contributed by atoms with Crippen molar-refractivity contribution in [1.82, 2.24) is 19.5 Å². The largest absolute Gasteiger partial charge is 0.396 e. The third-order valence-electron chi connectivity index (χ3n) is 3.47. The van der Waals surface area contributed by atoms with Crippen LogP contribution in [0.4, 0.5) is 5.82 Å². The summed E-state index contributed by atoms with van der Waals surface area (Å²) in [6, 6.07) is 0. The van der Waals surface area contributed by atoms with E-state index >= 15 is 0 Å². The summed E-state index contributed by atoms with van der Waals surface area (Å²) in [5, 5.41) is 18.8. The van der Waals surface area contributed by atoms with E-state index in [9.17, 15) is 10.2 Å². The zero-order valence-electron chi connectivity index (χ0n) is 10.2. The number of hydrogen-bond acceptors (Lipinski definition) is 7. The highest BCUT2D eigenvalue weighted by Crippen LogP contribution is 2.45. The number of imidazole rings is 1. The number of fused-ring (bicyclic) bond motifs is 1. The van der Waals surface area contributed by atoms with E-state index in [1.807, 2.05) is 4.57 Å². The van der Waals surface area contributed by atoms with Crippen LogP contribution >= 0.6 is 11.8 Å². The van der Waals surface area contributed by atoms with Crippen LogP contribution in [-0.2, 0) is 0 Å². The standard InChI is InChI=1S/C11H15N5O2S/c12-10-9-11(14-4-13-10)16(5-15-9)8-1-6(2-17)7(3-18)19-8/h4-8,17-18H,1-3H2,(H2,12,13,14)/t6?,7-,8-/m1/s1. The third kappa shape index (κ3) is 2.05. The molecule has 3 heterocycles. The Bertz CT molecular complexity index is 577. The number of anilines is 1. The first-order valence-electron chi connectivity index (χ1n) is 6.04. The lowest BCUT2D eigenvalue weighted by atomic mass is 10.0. The van der Waals surface area contributed by atoms with Gasteiger partial charge in [0.15, 0.2) is 11.5 Å². The van der Waals surface area contributed by atoms with Crippen molar-refractivity contribution < 1.29 is 10.2 Å². The van der Waals surface area contributed by atoms with Crippen molar-refractivity contribution in [2.45, 2.75) is 17.0 Å². The van der Waals surface area contributed by atoms with E-state index < -0.39 is 0 Å². The molecular formula is C11H15N5O2S. The fourth-order valence-corrected chi connectivity index (χ4v) is 3.98. The number of nitrogen functional groups attached to an aromatic ring is 1. The summed E-state index contributed by atoms with van der Waals surface area (Å²) < 4.78 is 1.94. The Morgan fingerprint density at radius 2 is 2.16 bits per heavy atom. The van der Waals surface area contributed by atoms with Crippen LogP contribution in [-0.4, -0.2) is 48.2 Å². The lowest BCUT2D eigenvalue weighted by Crippen LogP contribution is -2.18. The molecule has 4 N–H and O–H groups in total. The SMILES string of the molecule is Nc1ncnc2c1ncn2[C@H]1CC(CO)[C@@H](CO)S1. The van der Waals surface area contributed by atoms with Crippen molar-refractivity contribution in [3.63, 3.8) is 0 Å². The molecule has 1 fully saturated rings. The van der Waals surface area contributed by atoms with Gasteiger partial charge >= 0.3 is 0 Å². The predicted octanol–water partition coefficient (Wildman–Crippen LogP) is 0.0134. The average Bonchev–Trinajstić information content (AvgIpc) is 3.02. The molecule has 2 aromatic rings. The maximum Gasteiger partial charge on any atom is 0.166 e. The molecule has 0 spiro atoms. The van der Waals surface area contributed by atoms with Crippen LogP contribution < -0.4 is 5.73 Å². The summed E-state index contributed by atoms with van der Waals surface area (Å²) in [7, 11) is 0. The molecule has 0 aliphatic carbocycles. The number of aliphatic hydroxyl groups excluding tert-OH is 2. The smallest absolute Gasteiger partial charge is 0.166 e. The highest BCUT2D eigenvalue weighted by Gasteiger charge is 2.35. The average molecular weight is 281 g/mol. The van der Waals surface area contributed by atoms with Crippen LogP contribution in [0.3, 0.4) is 0 Å². The molecule has 8 heteroatoms. The monoisotopic (exact) mass is 281 g/mol. The van der Waals surface area contributed by atoms with Gasteiger partial charge in [0.25, 0.3) is 0 Å². The summed E-state index contributed by atoms with van der Waals surface area (Å²) in [4.78, 5) is 12.4. The van der Waals surface area contributed by atoms with Gasteiger partial charge in [-0.15, -0.1) is 11.8 Å². The summed E-state index contributed by atoms with van der Waals surface area (Å²) >= 11 is 1.63. The molecule has 2 aromatic heterocycles. The molecule has 102 valence electrons. The molecule has 0 amide bonds. The van der Waals surface area contributed by atoms with Gasteiger partial charge in [-0.25, -0.2) is 15.0 Å². The summed E-state index contributed by atoms with van der Waals surface area (Å²) in [6.45, 7) is 0.147. The van der Waals surface area contributed by atoms with E-state index in [2.05, 4.69) is 15.0 Å². The lowest BCUT2D eigenvalue weighted by Gasteiger charge is -2.12. The van der Waals surface area contributed by atoms with Crippen molar-refractivity contribution in [3.8, 4) is 0 Å². The van der Waals surface area contributed by atoms with E-state index in [1.54, 1.807) is 18.1 Å². The number of thioether (sulfide) groups is 1. The second-order valence-electron chi connectivity index (χ2n) is 4.57. The minimum Gasteiger partial charge on any atom is -0.396 e. The normalized spacial score (nSPS) is 27.2. The third-order valence-corrected chi connectivity index (χ3v) is 5.09. The fourth-order valence-electron chi connectivity index (χ4n) is 2.42. The van der Waals surface area contributed by atoms with Gasteiger partial charge in [-0.2, -0.15) is 0 Å². The van der Waals surface area contributed by atoms with Gasteiger partial charge < -0.3 is 20.5 Å². The lowest BCUT2D eigenvalue weighted by molar-refractivity contribution is 0.188. The maximum absolute atomic E-state index is 9.35.